The number of para-hydroxylation sites is 1. The molecule has 0 aliphatic carbocycles. The summed E-state index contributed by atoms with van der Waals surface area (Å²) in [5.74, 6) is -18.9. The van der Waals surface area contributed by atoms with Crippen LogP contribution in [0.5, 0.6) is 5.75 Å². The molecule has 732 valence electrons. The number of primary amides is 2. The van der Waals surface area contributed by atoms with Gasteiger partial charge in [-0.05, 0) is 117 Å². The van der Waals surface area contributed by atoms with Crippen molar-refractivity contribution >= 4 is 140 Å². The summed E-state index contributed by atoms with van der Waals surface area (Å²) < 4.78 is 1.33. The average Bonchev–Trinajstić information content (AvgIpc) is 1.64. The second-order valence-corrected chi connectivity index (χ2v) is 36.2. The standard InChI is InChI=1S/C90H130N22O21S/c1-11-13-22-68-83(126)100-60(33-48(3)4)80(123)106-67(78(121)97-42-73(94)116)46-134-47-74(117)98-63(35-51-25-27-54(113)28-26-51)86(129)107(8)50(7)77(120)102-65(39-72(93)115)88(131)111-32-18-24-69(111)84(127)105-66(40-92)82(125)103-62(34-49(5)6)89(132)112-44-55(114)38-71(112)85(128)101-61(36-52-41-96-58-21-16-15-19-56(52)58)81(124)99-59(29-30-91)79(122)104-64(87(130)109(10)70(23-14-12-2)90(133)108(68)9)37-53-43-110(45-75(118)119)76-57(53)20-17-31-95-76/h15-17,19-21,25-28,31,41,43,48-50,55,59-71,96,113-114H,11-14,18,22-24,29-30,32-40,42,44-47,91-92H2,1-10H3,(H2,93,115)(H2,94,116)(H,97,121)(H,98,117)(H,99,124)(H,100,126)(H,101,128)(H,102,120)(H,103,125)(H,104,122)(H,105,127)(H,106,123)(H,118,119)/t50-,55+,59-,60-,61-,62-,63-,64-,65-,66-,67-,68-,69-,70-,71-/m0/s1. The van der Waals surface area contributed by atoms with Crippen molar-refractivity contribution in [3.8, 4) is 5.75 Å². The number of nitrogens with two attached hydrogens (primary N) is 4. The minimum Gasteiger partial charge on any atom is -0.508 e. The predicted molar refractivity (Wildman–Crippen MR) is 492 cm³/mol. The lowest BCUT2D eigenvalue weighted by Gasteiger charge is -2.36. The van der Waals surface area contributed by atoms with Gasteiger partial charge in [0.15, 0.2) is 0 Å². The van der Waals surface area contributed by atoms with Crippen LogP contribution in [0.1, 0.15) is 149 Å². The molecular formula is C90H130N22O21S. The number of aromatic hydroxyl groups is 1. The molecule has 3 aliphatic rings. The van der Waals surface area contributed by atoms with Gasteiger partial charge in [0.1, 0.15) is 103 Å². The summed E-state index contributed by atoms with van der Waals surface area (Å²) in [4.78, 5) is 275. The van der Waals surface area contributed by atoms with Crippen LogP contribution in [-0.2, 0) is 112 Å². The van der Waals surface area contributed by atoms with Crippen LogP contribution >= 0.6 is 11.8 Å². The molecule has 2 aromatic carbocycles. The SMILES string of the molecule is CCCC[C@H]1C(=O)N(C)[C@@H](CCCC)C(=O)N[C@@H](CC(C)C)C(=O)N[C@H](C(=O)NCC(N)=O)CSCC(=O)N[C@@H](Cc2ccc(O)cc2)C(=O)N(C)[C@@H](C)C(=O)N[C@@H](CC(N)=O)C(=O)N2CCC[C@H]2C(=O)N[C@@H](CN)C(=O)N[C@@H](CC(C)C)C(=O)N2C[C@H](O)C[C@H]2C(=O)N[C@@H](Cc2c[nH]c3ccccc23)C(=O)N[C@@H](CCN)C(=O)N[C@@H](Cc2cn(CC(=O)O)c3ncccc23)C(=O)N1C. The maximum absolute atomic E-state index is 15.9. The third kappa shape index (κ3) is 29.3. The smallest absolute Gasteiger partial charge is 0.323 e. The van der Waals surface area contributed by atoms with E-state index in [2.05, 4.69) is 63.1 Å². The number of H-pyrrole nitrogens is 1. The molecule has 0 spiro atoms. The molecule has 0 radical (unpaired) electrons. The number of aliphatic hydroxyl groups is 1. The molecule has 0 bridgehead atoms. The number of hydrogen-bond acceptors (Lipinski definition) is 24. The van der Waals surface area contributed by atoms with E-state index >= 15 is 33.6 Å². The van der Waals surface area contributed by atoms with E-state index in [1.165, 1.54) is 69.3 Å². The predicted octanol–water partition coefficient (Wildman–Crippen LogP) is -2.84. The molecule has 3 aliphatic heterocycles. The van der Waals surface area contributed by atoms with Gasteiger partial charge in [0.25, 0.3) is 0 Å². The number of nitrogens with one attached hydrogen (secondary N) is 11. The number of carbonyl (C=O) groups excluding carboxylic acids is 17. The molecule has 3 saturated heterocycles. The first kappa shape index (κ1) is 107. The number of aliphatic carboxylic acids is 1. The second-order valence-electron chi connectivity index (χ2n) is 35.2. The van der Waals surface area contributed by atoms with Gasteiger partial charge < -0.3 is 125 Å². The number of hydrogen-bond donors (Lipinski definition) is 18. The maximum atomic E-state index is 15.9. The highest BCUT2D eigenvalue weighted by Gasteiger charge is 2.47. The topological polar surface area (TPSA) is 642 Å². The van der Waals surface area contributed by atoms with Gasteiger partial charge in [-0.15, -0.1) is 11.8 Å². The second kappa shape index (κ2) is 50.3. The number of rotatable bonds is 26. The van der Waals surface area contributed by atoms with Crippen molar-refractivity contribution in [3.05, 3.63) is 95.9 Å². The van der Waals surface area contributed by atoms with Crippen molar-refractivity contribution in [2.75, 3.05) is 65.4 Å². The fourth-order valence-corrected chi connectivity index (χ4v) is 17.5. The summed E-state index contributed by atoms with van der Waals surface area (Å²) >= 11 is 0.782. The fourth-order valence-electron chi connectivity index (χ4n) is 16.7. The van der Waals surface area contributed by atoms with Gasteiger partial charge in [0.2, 0.25) is 100 Å². The molecule has 3 fully saturated rings. The Bertz CT molecular complexity index is 5050. The van der Waals surface area contributed by atoms with Gasteiger partial charge in [-0.25, -0.2) is 4.98 Å². The van der Waals surface area contributed by atoms with Crippen molar-refractivity contribution < 1.29 is 102 Å². The lowest BCUT2D eigenvalue weighted by molar-refractivity contribution is -0.149. The number of aromatic nitrogens is 3. The number of pyridine rings is 1. The monoisotopic (exact) mass is 1890 g/mol. The molecule has 44 heteroatoms. The van der Waals surface area contributed by atoms with Crippen molar-refractivity contribution in [2.24, 2.45) is 34.8 Å². The Morgan fingerprint density at radius 2 is 1.13 bits per heavy atom. The summed E-state index contributed by atoms with van der Waals surface area (Å²) in [6, 6.07) is -5.76. The van der Waals surface area contributed by atoms with Gasteiger partial charge in [-0.2, -0.15) is 0 Å². The molecule has 22 N–H and O–H groups in total. The van der Waals surface area contributed by atoms with Crippen LogP contribution in [0.25, 0.3) is 21.9 Å². The highest BCUT2D eigenvalue weighted by Crippen LogP contribution is 2.29. The third-order valence-corrected chi connectivity index (χ3v) is 25.0. The average molecular weight is 1890 g/mol. The van der Waals surface area contributed by atoms with Crippen LogP contribution in [-0.4, -0.2) is 317 Å². The lowest BCUT2D eigenvalue weighted by Crippen LogP contribution is -2.62. The normalized spacial score (nSPS) is 24.9. The number of aliphatic hydroxyl groups excluding tert-OH is 1. The highest BCUT2D eigenvalue weighted by molar-refractivity contribution is 8.00. The van der Waals surface area contributed by atoms with Crippen molar-refractivity contribution in [1.82, 2.24) is 92.2 Å². The van der Waals surface area contributed by atoms with E-state index in [0.29, 0.717) is 58.7 Å². The largest absolute Gasteiger partial charge is 0.508 e. The van der Waals surface area contributed by atoms with Gasteiger partial charge in [0.05, 0.1) is 24.8 Å². The first-order valence-electron chi connectivity index (χ1n) is 45.2. The number of phenolic OH excluding ortho intramolecular Hbond substituents is 1. The van der Waals surface area contributed by atoms with Gasteiger partial charge in [0, 0.05) is 107 Å². The Morgan fingerprint density at radius 1 is 0.567 bits per heavy atom. The van der Waals surface area contributed by atoms with E-state index in [0.717, 1.165) is 36.3 Å². The first-order chi connectivity index (χ1) is 63.6. The molecule has 0 unspecified atom stereocenters. The molecule has 5 aromatic rings. The number of aromatic amines is 1. The first-order valence-corrected chi connectivity index (χ1v) is 46.3. The number of carboxylic acids is 1. The number of unbranched alkanes of at least 4 members (excludes halogenated alkanes) is 2. The Morgan fingerprint density at radius 3 is 1.78 bits per heavy atom. The molecule has 43 nitrogen and oxygen atoms in total. The Hall–Kier alpha value is -12.8. The zero-order valence-corrected chi connectivity index (χ0v) is 78.1. The van der Waals surface area contributed by atoms with Crippen LogP contribution in [0, 0.1) is 11.8 Å². The highest BCUT2D eigenvalue weighted by atomic mass is 32.2. The number of fused-ring (bicyclic) bond motifs is 4. The fraction of sp³-hybridized carbons (Fsp3) is 0.567. The number of likely N-dealkylation sites (N-methyl/N-ethyl adjacent to an activating group) is 3. The van der Waals surface area contributed by atoms with E-state index in [1.807, 2.05) is 13.8 Å². The van der Waals surface area contributed by atoms with Gasteiger partial charge in [-0.1, -0.05) is 97.6 Å². The van der Waals surface area contributed by atoms with E-state index < -0.39 is 254 Å². The van der Waals surface area contributed by atoms with Crippen LogP contribution in [0.2, 0.25) is 0 Å². The minimum atomic E-state index is -1.77. The molecule has 15 atom stereocenters. The molecule has 3 aromatic heterocycles. The number of thioether (sulfide) groups is 1. The summed E-state index contributed by atoms with van der Waals surface area (Å²) in [7, 11) is 3.89. The minimum absolute atomic E-state index is 0.00342. The number of carbonyl (C=O) groups is 18. The van der Waals surface area contributed by atoms with Gasteiger partial charge >= 0.3 is 5.97 Å². The number of amides is 17. The van der Waals surface area contributed by atoms with E-state index in [-0.39, 0.29) is 94.1 Å². The van der Waals surface area contributed by atoms with Crippen LogP contribution < -0.4 is 76.1 Å². The quantitative estimate of drug-likeness (QED) is 0.0265. The van der Waals surface area contributed by atoms with Crippen LogP contribution in [0.15, 0.2) is 79.3 Å². The van der Waals surface area contributed by atoms with E-state index in [4.69, 9.17) is 22.9 Å². The number of benzene rings is 2. The number of phenols is 1. The number of carboxylic acid groups (broad SMARTS) is 1. The summed E-state index contributed by atoms with van der Waals surface area (Å²) in [5.41, 5.74) is 25.6. The van der Waals surface area contributed by atoms with Gasteiger partial charge in [-0.3, -0.25) is 86.3 Å². The zero-order chi connectivity index (χ0) is 98.6. The maximum Gasteiger partial charge on any atom is 0.323 e. The summed E-state index contributed by atoms with van der Waals surface area (Å²) in [5, 5.41) is 59.2. The third-order valence-electron chi connectivity index (χ3n) is 23.9. The zero-order valence-electron chi connectivity index (χ0n) is 77.3. The van der Waals surface area contributed by atoms with Crippen molar-refractivity contribution in [1.29, 1.82) is 0 Å². The van der Waals surface area contributed by atoms with E-state index in [9.17, 15) is 68.1 Å². The molecular weight excluding hydrogens is 1760 g/mol. The van der Waals surface area contributed by atoms with Crippen LogP contribution in [0.4, 0.5) is 0 Å². The Balaban J connectivity index is 1.21. The van der Waals surface area contributed by atoms with Crippen LogP contribution in [0.3, 0.4) is 0 Å². The lowest BCUT2D eigenvalue weighted by atomic mass is 9.99. The molecule has 17 amide bonds. The van der Waals surface area contributed by atoms with E-state index in [1.54, 1.807) is 70.3 Å². The molecule has 8 rings (SSSR count). The molecule has 6 heterocycles. The molecule has 0 saturated carbocycles. The molecule has 134 heavy (non-hydrogen) atoms. The number of nitrogens with zero attached hydrogens (tertiary/aromatic N) is 7. The Kier molecular flexibility index (Phi) is 40.0. The Labute approximate surface area is 780 Å². The van der Waals surface area contributed by atoms with Crippen molar-refractivity contribution in [2.45, 2.75) is 248 Å². The summed E-state index contributed by atoms with van der Waals surface area (Å²) in [6.45, 7) is 9.16. The van der Waals surface area contributed by atoms with Crippen molar-refractivity contribution in [3.63, 3.8) is 0 Å². The summed E-state index contributed by atoms with van der Waals surface area (Å²) in [6.07, 6.45) is 2.20.